The van der Waals surface area contributed by atoms with E-state index < -0.39 is 10.0 Å². The van der Waals surface area contributed by atoms with E-state index in [2.05, 4.69) is 14.9 Å². The molecule has 3 aromatic rings. The minimum absolute atomic E-state index is 0.0434. The van der Waals surface area contributed by atoms with E-state index in [1.807, 2.05) is 37.3 Å². The van der Waals surface area contributed by atoms with E-state index >= 15 is 0 Å². The monoisotopic (exact) mass is 383 g/mol. The van der Waals surface area contributed by atoms with Gasteiger partial charge in [0.05, 0.1) is 11.4 Å². The largest absolute Gasteiger partial charge is 0.419 e. The maximum Gasteiger partial charge on any atom is 0.248 e. The second-order valence-electron chi connectivity index (χ2n) is 6.78. The van der Waals surface area contributed by atoms with Gasteiger partial charge in [0.15, 0.2) is 0 Å². The Morgan fingerprint density at radius 2 is 1.81 bits per heavy atom. The summed E-state index contributed by atoms with van der Waals surface area (Å²) in [5.41, 5.74) is 4.24. The normalized spacial score (nSPS) is 14.1. The standard InChI is InChI=1S/C20H21N3O3S/c1-14-6-2-5-9-18(14)20-23-22-19(26-20)13-21-27(24,25)17-11-10-15-7-3-4-8-16(15)12-17/h2,5-6,9-12,21H,3-4,7-8,13H2,1H3. The van der Waals surface area contributed by atoms with Crippen LogP contribution in [-0.4, -0.2) is 18.6 Å². The van der Waals surface area contributed by atoms with Gasteiger partial charge < -0.3 is 4.42 Å². The number of hydrogen-bond donors (Lipinski definition) is 1. The lowest BCUT2D eigenvalue weighted by Gasteiger charge is -2.16. The smallest absolute Gasteiger partial charge is 0.248 e. The number of benzene rings is 2. The van der Waals surface area contributed by atoms with Crippen molar-refractivity contribution >= 4 is 10.0 Å². The van der Waals surface area contributed by atoms with Gasteiger partial charge in [-0.15, -0.1) is 10.2 Å². The Balaban J connectivity index is 1.49. The van der Waals surface area contributed by atoms with Gasteiger partial charge in [-0.25, -0.2) is 13.1 Å². The molecule has 0 aliphatic heterocycles. The summed E-state index contributed by atoms with van der Waals surface area (Å²) < 4.78 is 33.4. The molecular formula is C20H21N3O3S. The van der Waals surface area contributed by atoms with E-state index in [-0.39, 0.29) is 17.3 Å². The Morgan fingerprint density at radius 1 is 1.04 bits per heavy atom. The van der Waals surface area contributed by atoms with Gasteiger partial charge in [-0.2, -0.15) is 0 Å². The number of rotatable bonds is 5. The highest BCUT2D eigenvalue weighted by atomic mass is 32.2. The Kier molecular flexibility index (Phi) is 4.80. The molecule has 0 saturated carbocycles. The molecule has 7 heteroatoms. The third-order valence-electron chi connectivity index (χ3n) is 4.89. The van der Waals surface area contributed by atoms with Gasteiger partial charge in [0.1, 0.15) is 0 Å². The summed E-state index contributed by atoms with van der Waals surface area (Å²) in [5.74, 6) is 0.617. The third-order valence-corrected chi connectivity index (χ3v) is 6.28. The molecule has 0 amide bonds. The van der Waals surface area contributed by atoms with Crippen molar-refractivity contribution in [2.45, 2.75) is 44.0 Å². The highest BCUT2D eigenvalue weighted by molar-refractivity contribution is 7.89. The Hall–Kier alpha value is -2.51. The highest BCUT2D eigenvalue weighted by Crippen LogP contribution is 2.24. The topological polar surface area (TPSA) is 85.1 Å². The van der Waals surface area contributed by atoms with Crippen LogP contribution in [0.3, 0.4) is 0 Å². The molecule has 4 rings (SSSR count). The predicted molar refractivity (Wildman–Crippen MR) is 102 cm³/mol. The molecule has 1 heterocycles. The van der Waals surface area contributed by atoms with E-state index in [1.54, 1.807) is 12.1 Å². The van der Waals surface area contributed by atoms with Crippen molar-refractivity contribution in [2.24, 2.45) is 0 Å². The molecular weight excluding hydrogens is 362 g/mol. The van der Waals surface area contributed by atoms with E-state index in [0.29, 0.717) is 5.89 Å². The molecule has 1 aromatic heterocycles. The summed E-state index contributed by atoms with van der Waals surface area (Å²) in [6.07, 6.45) is 4.22. The van der Waals surface area contributed by atoms with Crippen LogP contribution in [0.5, 0.6) is 0 Å². The van der Waals surface area contributed by atoms with Crippen molar-refractivity contribution in [1.29, 1.82) is 0 Å². The molecule has 1 N–H and O–H groups in total. The van der Waals surface area contributed by atoms with E-state index in [1.165, 1.54) is 5.56 Å². The van der Waals surface area contributed by atoms with Crippen LogP contribution in [0.1, 0.15) is 35.4 Å². The van der Waals surface area contributed by atoms with Crippen molar-refractivity contribution in [3.8, 4) is 11.5 Å². The minimum atomic E-state index is -3.63. The fraction of sp³-hybridized carbons (Fsp3) is 0.300. The lowest BCUT2D eigenvalue weighted by atomic mass is 9.92. The zero-order valence-corrected chi connectivity index (χ0v) is 15.9. The first kappa shape index (κ1) is 17.9. The van der Waals surface area contributed by atoms with E-state index in [9.17, 15) is 8.42 Å². The summed E-state index contributed by atoms with van der Waals surface area (Å²) >= 11 is 0. The SMILES string of the molecule is Cc1ccccc1-c1nnc(CNS(=O)(=O)c2ccc3c(c2)CCCC3)o1. The van der Waals surface area contributed by atoms with Gasteiger partial charge in [-0.3, -0.25) is 0 Å². The molecule has 6 nitrogen and oxygen atoms in total. The Labute approximate surface area is 158 Å². The molecule has 2 aromatic carbocycles. The van der Waals surface area contributed by atoms with Crippen molar-refractivity contribution < 1.29 is 12.8 Å². The fourth-order valence-corrected chi connectivity index (χ4v) is 4.39. The lowest BCUT2D eigenvalue weighted by molar-refractivity contribution is 0.494. The summed E-state index contributed by atoms with van der Waals surface area (Å²) in [4.78, 5) is 0.279. The van der Waals surface area contributed by atoms with Crippen molar-refractivity contribution in [3.63, 3.8) is 0 Å². The molecule has 27 heavy (non-hydrogen) atoms. The summed E-state index contributed by atoms with van der Waals surface area (Å²) in [6, 6.07) is 13.0. The van der Waals surface area contributed by atoms with Crippen LogP contribution in [-0.2, 0) is 29.4 Å². The van der Waals surface area contributed by atoms with Crippen LogP contribution in [0.2, 0.25) is 0 Å². The molecule has 0 bridgehead atoms. The number of sulfonamides is 1. The van der Waals surface area contributed by atoms with Crippen LogP contribution >= 0.6 is 0 Å². The van der Waals surface area contributed by atoms with Gasteiger partial charge >= 0.3 is 0 Å². The quantitative estimate of drug-likeness (QED) is 0.730. The second kappa shape index (κ2) is 7.25. The average Bonchev–Trinajstić information content (AvgIpc) is 3.15. The number of aryl methyl sites for hydroxylation is 3. The predicted octanol–water partition coefficient (Wildman–Crippen LogP) is 3.40. The molecule has 0 radical (unpaired) electrons. The highest BCUT2D eigenvalue weighted by Gasteiger charge is 2.19. The zero-order valence-electron chi connectivity index (χ0n) is 15.1. The number of aromatic nitrogens is 2. The number of nitrogens with one attached hydrogen (secondary N) is 1. The first-order valence-corrected chi connectivity index (χ1v) is 10.5. The lowest BCUT2D eigenvalue weighted by Crippen LogP contribution is -2.23. The van der Waals surface area contributed by atoms with Gasteiger partial charge in [0.25, 0.3) is 0 Å². The first-order valence-electron chi connectivity index (χ1n) is 9.03. The third kappa shape index (κ3) is 3.79. The van der Waals surface area contributed by atoms with Crippen LogP contribution in [0.4, 0.5) is 0 Å². The first-order chi connectivity index (χ1) is 13.0. The number of fused-ring (bicyclic) bond motifs is 1. The Bertz CT molecular complexity index is 1070. The average molecular weight is 383 g/mol. The van der Waals surface area contributed by atoms with Gasteiger partial charge in [0, 0.05) is 5.56 Å². The molecule has 140 valence electrons. The molecule has 0 spiro atoms. The van der Waals surface area contributed by atoms with Crippen LogP contribution in [0.25, 0.3) is 11.5 Å². The fourth-order valence-electron chi connectivity index (χ4n) is 3.36. The molecule has 1 aliphatic rings. The molecule has 0 saturated heterocycles. The molecule has 0 fully saturated rings. The molecule has 1 aliphatic carbocycles. The van der Waals surface area contributed by atoms with Gasteiger partial charge in [-0.1, -0.05) is 24.3 Å². The van der Waals surface area contributed by atoms with Crippen LogP contribution in [0.15, 0.2) is 51.8 Å². The van der Waals surface area contributed by atoms with Crippen molar-refractivity contribution in [2.75, 3.05) is 0 Å². The maximum absolute atomic E-state index is 12.6. The van der Waals surface area contributed by atoms with E-state index in [4.69, 9.17) is 4.42 Å². The summed E-state index contributed by atoms with van der Waals surface area (Å²) in [6.45, 7) is 1.91. The number of nitrogens with zero attached hydrogens (tertiary/aromatic N) is 2. The zero-order chi connectivity index (χ0) is 18.9. The van der Waals surface area contributed by atoms with Crippen molar-refractivity contribution in [1.82, 2.24) is 14.9 Å². The second-order valence-corrected chi connectivity index (χ2v) is 8.55. The molecule has 0 atom stereocenters. The van der Waals surface area contributed by atoms with Gasteiger partial charge in [0.2, 0.25) is 21.8 Å². The van der Waals surface area contributed by atoms with Crippen LogP contribution in [0, 0.1) is 6.92 Å². The van der Waals surface area contributed by atoms with Crippen LogP contribution < -0.4 is 4.72 Å². The molecule has 0 unspecified atom stereocenters. The summed E-state index contributed by atoms with van der Waals surface area (Å²) in [7, 11) is -3.63. The maximum atomic E-state index is 12.6. The summed E-state index contributed by atoms with van der Waals surface area (Å²) in [5, 5.41) is 7.98. The van der Waals surface area contributed by atoms with Gasteiger partial charge in [-0.05, 0) is 67.5 Å². The number of hydrogen-bond acceptors (Lipinski definition) is 5. The van der Waals surface area contributed by atoms with Crippen molar-refractivity contribution in [3.05, 3.63) is 65.0 Å². The van der Waals surface area contributed by atoms with E-state index in [0.717, 1.165) is 42.4 Å². The Morgan fingerprint density at radius 3 is 2.63 bits per heavy atom. The minimum Gasteiger partial charge on any atom is -0.419 e.